The van der Waals surface area contributed by atoms with Gasteiger partial charge in [-0.1, -0.05) is 0 Å². The minimum atomic E-state index is -3.13. The molecule has 1 aliphatic heterocycles. The summed E-state index contributed by atoms with van der Waals surface area (Å²) in [5.41, 5.74) is 0. The Morgan fingerprint density at radius 1 is 0.818 bits per heavy atom. The summed E-state index contributed by atoms with van der Waals surface area (Å²) < 4.78 is 55.7. The van der Waals surface area contributed by atoms with Gasteiger partial charge in [-0.25, -0.2) is 0 Å². The average Bonchev–Trinajstić information content (AvgIpc) is 2.76. The van der Waals surface area contributed by atoms with Crippen LogP contribution in [0.3, 0.4) is 0 Å². The van der Waals surface area contributed by atoms with Crippen molar-refractivity contribution in [1.29, 1.82) is 0 Å². The number of hydrogen-bond donors (Lipinski definition) is 3. The third-order valence-electron chi connectivity index (χ3n) is 4.12. The van der Waals surface area contributed by atoms with Gasteiger partial charge in [-0.3, -0.25) is 9.13 Å². The second-order valence-electron chi connectivity index (χ2n) is 7.38. The summed E-state index contributed by atoms with van der Waals surface area (Å²) in [5.74, 6) is -0.927. The van der Waals surface area contributed by atoms with Crippen LogP contribution in [0.15, 0.2) is 0 Å². The predicted molar refractivity (Wildman–Crippen MR) is 127 cm³/mol. The van der Waals surface area contributed by atoms with Crippen LogP contribution in [0.5, 0.6) is 0 Å². The van der Waals surface area contributed by atoms with Crippen LogP contribution in [0.2, 0.25) is 0 Å². The zero-order valence-corrected chi connectivity index (χ0v) is 23.0. The van der Waals surface area contributed by atoms with Crippen LogP contribution in [0.25, 0.3) is 0 Å². The largest absolute Gasteiger partial charge is 0.400 e. The first-order valence-corrected chi connectivity index (χ1v) is 14.7. The van der Waals surface area contributed by atoms with Gasteiger partial charge >= 0.3 is 15.2 Å². The van der Waals surface area contributed by atoms with E-state index in [9.17, 15) is 9.13 Å². The standard InChI is InChI=1S/C11H23O5P.C8H19O5P.CH4O/c1-5-15-17(12,16-6-2)9-10-7-13-11(3,4)14-8-10;1-3-12-14(11,13-4-2)7-8(5-9)6-10;1-2/h10H,5-9H2,1-4H3;8-10H,3-7H2,1-2H3;2H,1H3. The van der Waals surface area contributed by atoms with Gasteiger partial charge in [0.15, 0.2) is 5.79 Å². The van der Waals surface area contributed by atoms with Crippen molar-refractivity contribution in [2.45, 2.75) is 47.3 Å². The Labute approximate surface area is 199 Å². The smallest absolute Gasteiger partial charge is 0.331 e. The molecule has 0 spiro atoms. The zero-order valence-electron chi connectivity index (χ0n) is 21.2. The van der Waals surface area contributed by atoms with Crippen LogP contribution in [0.4, 0.5) is 0 Å². The first-order chi connectivity index (χ1) is 15.5. The summed E-state index contributed by atoms with van der Waals surface area (Å²) in [5, 5.41) is 24.7. The average molecular weight is 525 g/mol. The molecule has 0 amide bonds. The van der Waals surface area contributed by atoms with Crippen molar-refractivity contribution in [2.24, 2.45) is 11.8 Å². The molecule has 0 aromatic heterocycles. The molecule has 0 atom stereocenters. The first-order valence-electron chi connectivity index (χ1n) is 11.2. The van der Waals surface area contributed by atoms with Crippen LogP contribution < -0.4 is 0 Å². The Bertz CT molecular complexity index is 526. The molecular weight excluding hydrogens is 478 g/mol. The molecule has 1 saturated heterocycles. The van der Waals surface area contributed by atoms with E-state index in [1.165, 1.54) is 0 Å². The quantitative estimate of drug-likeness (QED) is 0.288. The van der Waals surface area contributed by atoms with Crippen molar-refractivity contribution in [1.82, 2.24) is 0 Å². The van der Waals surface area contributed by atoms with Crippen molar-refractivity contribution in [3.8, 4) is 0 Å². The predicted octanol–water partition coefficient (Wildman–Crippen LogP) is 3.11. The Morgan fingerprint density at radius 3 is 1.52 bits per heavy atom. The summed E-state index contributed by atoms with van der Waals surface area (Å²) in [4.78, 5) is 0. The molecule has 0 aromatic rings. The molecule has 11 nitrogen and oxygen atoms in total. The summed E-state index contributed by atoms with van der Waals surface area (Å²) in [6.07, 6.45) is 0.409. The fourth-order valence-corrected chi connectivity index (χ4v) is 6.56. The molecule has 1 fully saturated rings. The Morgan fingerprint density at radius 2 is 1.18 bits per heavy atom. The number of ether oxygens (including phenoxy) is 2. The van der Waals surface area contributed by atoms with Crippen LogP contribution in [0, 0.1) is 11.8 Å². The fourth-order valence-electron chi connectivity index (χ4n) is 2.71. The highest BCUT2D eigenvalue weighted by atomic mass is 31.2. The van der Waals surface area contributed by atoms with Gasteiger partial charge in [0, 0.05) is 32.2 Å². The number of rotatable bonds is 14. The lowest BCUT2D eigenvalue weighted by molar-refractivity contribution is -0.259. The van der Waals surface area contributed by atoms with E-state index in [0.717, 1.165) is 7.11 Å². The van der Waals surface area contributed by atoms with Gasteiger partial charge in [0.1, 0.15) is 0 Å². The van der Waals surface area contributed by atoms with E-state index in [1.54, 1.807) is 13.8 Å². The molecule has 1 aliphatic rings. The fraction of sp³-hybridized carbons (Fsp3) is 1.00. The van der Waals surface area contributed by atoms with Gasteiger partial charge in [0.2, 0.25) is 0 Å². The van der Waals surface area contributed by atoms with E-state index in [-0.39, 0.29) is 25.3 Å². The second-order valence-corrected chi connectivity index (χ2v) is 11.6. The van der Waals surface area contributed by atoms with Crippen LogP contribution in [0.1, 0.15) is 41.5 Å². The van der Waals surface area contributed by atoms with Gasteiger partial charge in [-0.15, -0.1) is 0 Å². The lowest BCUT2D eigenvalue weighted by atomic mass is 10.2. The Balaban J connectivity index is 0. The molecule has 1 heterocycles. The van der Waals surface area contributed by atoms with Gasteiger partial charge in [-0.05, 0) is 41.5 Å². The summed E-state index contributed by atoms with van der Waals surface area (Å²) in [6.45, 7) is 12.8. The van der Waals surface area contributed by atoms with E-state index in [2.05, 4.69) is 0 Å². The molecule has 0 unspecified atom stereocenters. The molecule has 3 N–H and O–H groups in total. The van der Waals surface area contributed by atoms with Crippen molar-refractivity contribution in [3.63, 3.8) is 0 Å². The molecule has 202 valence electrons. The Hall–Kier alpha value is 0.1000. The minimum absolute atomic E-state index is 0.0572. The third-order valence-corrected chi connectivity index (χ3v) is 8.65. The van der Waals surface area contributed by atoms with Gasteiger partial charge in [-0.2, -0.15) is 0 Å². The first kappa shape index (κ1) is 35.3. The molecular formula is C20H46O11P2. The monoisotopic (exact) mass is 524 g/mol. The van der Waals surface area contributed by atoms with E-state index >= 15 is 0 Å². The van der Waals surface area contributed by atoms with E-state index in [0.29, 0.717) is 45.8 Å². The maximum atomic E-state index is 12.3. The highest BCUT2D eigenvalue weighted by Crippen LogP contribution is 2.50. The molecule has 0 aromatic carbocycles. The van der Waals surface area contributed by atoms with Gasteiger partial charge in [0.25, 0.3) is 0 Å². The van der Waals surface area contributed by atoms with Crippen LogP contribution in [-0.2, 0) is 36.7 Å². The zero-order chi connectivity index (χ0) is 26.0. The third kappa shape index (κ3) is 16.4. The SMILES string of the molecule is CCOP(=O)(CC(CO)CO)OCC.CCOP(=O)(CC1COC(C)(C)OC1)OCC.CO. The summed E-state index contributed by atoms with van der Waals surface area (Å²) >= 11 is 0. The molecule has 0 bridgehead atoms. The lowest BCUT2D eigenvalue weighted by Crippen LogP contribution is -2.40. The number of aliphatic hydroxyl groups is 3. The van der Waals surface area contributed by atoms with Crippen molar-refractivity contribution in [3.05, 3.63) is 0 Å². The topological polar surface area (TPSA) is 150 Å². The van der Waals surface area contributed by atoms with Crippen molar-refractivity contribution >= 4 is 15.2 Å². The van der Waals surface area contributed by atoms with E-state index in [4.69, 9.17) is 42.9 Å². The molecule has 0 aliphatic carbocycles. The normalized spacial score (nSPS) is 16.6. The highest BCUT2D eigenvalue weighted by molar-refractivity contribution is 7.54. The van der Waals surface area contributed by atoms with Crippen LogP contribution in [-0.4, -0.2) is 93.4 Å². The van der Waals surface area contributed by atoms with E-state index in [1.807, 2.05) is 27.7 Å². The summed E-state index contributed by atoms with van der Waals surface area (Å²) in [6, 6.07) is 0. The molecule has 0 saturated carbocycles. The highest BCUT2D eigenvalue weighted by Gasteiger charge is 2.34. The lowest BCUT2D eigenvalue weighted by Gasteiger charge is -2.35. The molecule has 0 radical (unpaired) electrons. The van der Waals surface area contributed by atoms with Crippen molar-refractivity contribution in [2.75, 3.05) is 72.3 Å². The maximum absolute atomic E-state index is 12.3. The maximum Gasteiger partial charge on any atom is 0.331 e. The van der Waals surface area contributed by atoms with E-state index < -0.39 is 26.9 Å². The van der Waals surface area contributed by atoms with Gasteiger partial charge in [0.05, 0.1) is 52.0 Å². The minimum Gasteiger partial charge on any atom is -0.400 e. The Kier molecular flexibility index (Phi) is 20.6. The molecule has 1 rings (SSSR count). The van der Waals surface area contributed by atoms with Crippen LogP contribution >= 0.6 is 15.2 Å². The molecule has 33 heavy (non-hydrogen) atoms. The number of aliphatic hydroxyl groups excluding tert-OH is 3. The summed E-state index contributed by atoms with van der Waals surface area (Å²) in [7, 11) is -5.12. The van der Waals surface area contributed by atoms with Crippen molar-refractivity contribution < 1.29 is 52.0 Å². The molecule has 13 heteroatoms. The van der Waals surface area contributed by atoms with Gasteiger partial charge < -0.3 is 42.9 Å². The second kappa shape index (κ2) is 19.3. The number of hydrogen-bond acceptors (Lipinski definition) is 11.